The Kier molecular flexibility index (Phi) is 9.02. The molecule has 35 heavy (non-hydrogen) atoms. The first kappa shape index (κ1) is 27.2. The van der Waals surface area contributed by atoms with Crippen LogP contribution in [0.2, 0.25) is 0 Å². The Hall–Kier alpha value is -2.35. The van der Waals surface area contributed by atoms with Crippen molar-refractivity contribution in [3.63, 3.8) is 0 Å². The van der Waals surface area contributed by atoms with Gasteiger partial charge in [0.15, 0.2) is 0 Å². The Balaban J connectivity index is 1.65. The Morgan fingerprint density at radius 1 is 1.20 bits per heavy atom. The molecule has 1 saturated carbocycles. The number of carbonyl (C=O) groups excluding carboxylic acids is 1. The summed E-state index contributed by atoms with van der Waals surface area (Å²) < 4.78 is 26.5. The van der Waals surface area contributed by atoms with Gasteiger partial charge in [-0.05, 0) is 73.3 Å². The van der Waals surface area contributed by atoms with Crippen molar-refractivity contribution in [2.24, 2.45) is 23.3 Å². The van der Waals surface area contributed by atoms with Crippen LogP contribution in [0, 0.1) is 11.8 Å². The molecule has 0 aromatic heterocycles. The van der Waals surface area contributed by atoms with Gasteiger partial charge in [0.2, 0.25) is 0 Å². The molecule has 2 aliphatic rings. The number of rotatable bonds is 10. The molecule has 1 aromatic carbocycles. The number of amides is 1. The van der Waals surface area contributed by atoms with Crippen molar-refractivity contribution >= 4 is 5.91 Å². The van der Waals surface area contributed by atoms with E-state index in [1.54, 1.807) is 29.2 Å². The molecule has 1 heterocycles. The number of benzene rings is 1. The van der Waals surface area contributed by atoms with Crippen LogP contribution in [-0.2, 0) is 0 Å². The van der Waals surface area contributed by atoms with E-state index in [0.29, 0.717) is 23.0 Å². The van der Waals surface area contributed by atoms with Gasteiger partial charge in [-0.3, -0.25) is 4.79 Å². The molecule has 5 N–H and O–H groups in total. The molecule has 2 fully saturated rings. The van der Waals surface area contributed by atoms with Crippen LogP contribution in [0.5, 0.6) is 0 Å². The van der Waals surface area contributed by atoms with E-state index in [4.69, 9.17) is 11.5 Å². The molecule has 0 radical (unpaired) electrons. The molecule has 1 aliphatic carbocycles. The average Bonchev–Trinajstić information content (AvgIpc) is 3.50. The molecule has 192 valence electrons. The van der Waals surface area contributed by atoms with E-state index in [1.807, 2.05) is 13.0 Å². The summed E-state index contributed by atoms with van der Waals surface area (Å²) in [4.78, 5) is 14.9. The summed E-state index contributed by atoms with van der Waals surface area (Å²) in [6.45, 7) is 10.5. The summed E-state index contributed by atoms with van der Waals surface area (Å²) in [6, 6.07) is 2.56. The lowest BCUT2D eigenvalue weighted by atomic mass is 9.79. The second-order valence-corrected chi connectivity index (χ2v) is 10.0. The summed E-state index contributed by atoms with van der Waals surface area (Å²) in [5.74, 6) is 0.743. The maximum atomic E-state index is 13.2. The molecular formula is C28H40F2N4O. The average molecular weight is 487 g/mol. The molecule has 3 atom stereocenters. The van der Waals surface area contributed by atoms with Crippen LogP contribution < -0.4 is 16.8 Å². The van der Waals surface area contributed by atoms with Crippen LogP contribution in [-0.4, -0.2) is 35.6 Å². The molecule has 5 nitrogen and oxygen atoms in total. The van der Waals surface area contributed by atoms with Crippen molar-refractivity contribution in [1.82, 2.24) is 10.2 Å². The Morgan fingerprint density at radius 2 is 1.80 bits per heavy atom. The van der Waals surface area contributed by atoms with Gasteiger partial charge in [-0.2, -0.15) is 8.78 Å². The van der Waals surface area contributed by atoms with Gasteiger partial charge in [-0.25, -0.2) is 5.32 Å². The zero-order valence-corrected chi connectivity index (χ0v) is 21.1. The number of allylic oxidation sites excluding steroid dienone is 3. The monoisotopic (exact) mass is 486 g/mol. The predicted molar refractivity (Wildman–Crippen MR) is 138 cm³/mol. The lowest BCUT2D eigenvalue weighted by Crippen LogP contribution is -2.45. The summed E-state index contributed by atoms with van der Waals surface area (Å²) in [6.07, 6.45) is 11.3. The SMILES string of the molecule is C=C(/C=C\C(=C/C(C)CC)C1CCC(N(CN)C(=O)c2ccc(C3NC3(F)F)cc2)CC1)C(C)N. The normalized spacial score (nSPS) is 25.8. The predicted octanol–water partition coefficient (Wildman–Crippen LogP) is 5.27. The van der Waals surface area contributed by atoms with Gasteiger partial charge in [0.25, 0.3) is 5.91 Å². The number of carbonyl (C=O) groups is 1. The number of halogens is 2. The minimum atomic E-state index is -2.86. The minimum Gasteiger partial charge on any atom is -0.324 e. The molecule has 0 spiro atoms. The zero-order valence-electron chi connectivity index (χ0n) is 21.1. The fourth-order valence-electron chi connectivity index (χ4n) is 4.68. The lowest BCUT2D eigenvalue weighted by molar-refractivity contribution is 0.0626. The maximum absolute atomic E-state index is 13.2. The number of alkyl halides is 2. The van der Waals surface area contributed by atoms with Gasteiger partial charge in [-0.1, -0.05) is 57.2 Å². The van der Waals surface area contributed by atoms with Crippen LogP contribution in [0.1, 0.15) is 74.8 Å². The summed E-state index contributed by atoms with van der Waals surface area (Å²) in [5.41, 5.74) is 15.1. The van der Waals surface area contributed by atoms with Crippen molar-refractivity contribution in [2.45, 2.75) is 77.0 Å². The molecule has 3 unspecified atom stereocenters. The van der Waals surface area contributed by atoms with Crippen molar-refractivity contribution in [3.8, 4) is 0 Å². The highest BCUT2D eigenvalue weighted by molar-refractivity contribution is 5.94. The Labute approximate surface area is 208 Å². The fourth-order valence-corrected chi connectivity index (χ4v) is 4.68. The molecule has 3 rings (SSSR count). The van der Waals surface area contributed by atoms with Crippen molar-refractivity contribution in [3.05, 3.63) is 71.3 Å². The standard InChI is InChI=1S/C28H40F2N4O/c1-5-18(2)16-24(7-6-19(3)20(4)32)21-12-14-25(15-13-21)34(17-31)27(35)23-10-8-22(9-11-23)26-28(29,30)33-26/h6-11,16,18,20-21,25-26,33H,3,5,12-15,17,31-32H2,1-2,4H3/b7-6-,24-16+. The van der Waals surface area contributed by atoms with Crippen molar-refractivity contribution < 1.29 is 13.6 Å². The van der Waals surface area contributed by atoms with Gasteiger partial charge < -0.3 is 16.4 Å². The van der Waals surface area contributed by atoms with E-state index in [0.717, 1.165) is 37.7 Å². The third-order valence-electron chi connectivity index (χ3n) is 7.37. The molecule has 1 aliphatic heterocycles. The molecular weight excluding hydrogens is 446 g/mol. The first-order valence-electron chi connectivity index (χ1n) is 12.7. The van der Waals surface area contributed by atoms with E-state index >= 15 is 0 Å². The van der Waals surface area contributed by atoms with Crippen molar-refractivity contribution in [2.75, 3.05) is 6.67 Å². The minimum absolute atomic E-state index is 0.0608. The van der Waals surface area contributed by atoms with Gasteiger partial charge >= 0.3 is 6.05 Å². The Bertz CT molecular complexity index is 946. The van der Waals surface area contributed by atoms with E-state index in [1.165, 1.54) is 5.57 Å². The first-order valence-corrected chi connectivity index (χ1v) is 12.7. The third-order valence-corrected chi connectivity index (χ3v) is 7.37. The highest BCUT2D eigenvalue weighted by atomic mass is 19.3. The van der Waals surface area contributed by atoms with Crippen LogP contribution in [0.3, 0.4) is 0 Å². The summed E-state index contributed by atoms with van der Waals surface area (Å²) in [5, 5.41) is 2.14. The van der Waals surface area contributed by atoms with E-state index in [9.17, 15) is 13.6 Å². The maximum Gasteiger partial charge on any atom is 0.322 e. The van der Waals surface area contributed by atoms with Gasteiger partial charge in [0, 0.05) is 17.6 Å². The number of nitrogens with one attached hydrogen (secondary N) is 1. The second-order valence-electron chi connectivity index (χ2n) is 10.0. The van der Waals surface area contributed by atoms with Crippen LogP contribution >= 0.6 is 0 Å². The smallest absolute Gasteiger partial charge is 0.322 e. The number of hydrogen-bond acceptors (Lipinski definition) is 4. The third kappa shape index (κ3) is 6.87. The topological polar surface area (TPSA) is 94.3 Å². The highest BCUT2D eigenvalue weighted by Crippen LogP contribution is 2.43. The van der Waals surface area contributed by atoms with Gasteiger partial charge in [-0.15, -0.1) is 0 Å². The van der Waals surface area contributed by atoms with E-state index < -0.39 is 12.1 Å². The van der Waals surface area contributed by atoms with Crippen LogP contribution in [0.25, 0.3) is 0 Å². The molecule has 1 saturated heterocycles. The van der Waals surface area contributed by atoms with Gasteiger partial charge in [0.1, 0.15) is 6.04 Å². The fraction of sp³-hybridized carbons (Fsp3) is 0.536. The summed E-state index contributed by atoms with van der Waals surface area (Å²) in [7, 11) is 0. The quantitative estimate of drug-likeness (QED) is 0.182. The molecule has 1 aromatic rings. The van der Waals surface area contributed by atoms with Gasteiger partial charge in [0.05, 0.1) is 6.67 Å². The second kappa shape index (κ2) is 11.6. The molecule has 0 bridgehead atoms. The summed E-state index contributed by atoms with van der Waals surface area (Å²) >= 11 is 0. The van der Waals surface area contributed by atoms with Crippen molar-refractivity contribution in [1.29, 1.82) is 0 Å². The molecule has 1 amide bonds. The first-order chi connectivity index (χ1) is 16.6. The molecule has 7 heteroatoms. The van der Waals surface area contributed by atoms with Crippen LogP contribution in [0.4, 0.5) is 8.78 Å². The highest BCUT2D eigenvalue weighted by Gasteiger charge is 2.57. The number of nitrogens with zero attached hydrogens (tertiary/aromatic N) is 1. The van der Waals surface area contributed by atoms with E-state index in [-0.39, 0.29) is 24.7 Å². The Morgan fingerprint density at radius 3 is 2.29 bits per heavy atom. The number of hydrogen-bond donors (Lipinski definition) is 3. The number of nitrogens with two attached hydrogens (primary N) is 2. The van der Waals surface area contributed by atoms with E-state index in [2.05, 4.69) is 37.9 Å². The van der Waals surface area contributed by atoms with Crippen LogP contribution in [0.15, 0.2) is 60.2 Å². The zero-order chi connectivity index (χ0) is 25.8. The lowest BCUT2D eigenvalue weighted by Gasteiger charge is -2.37. The largest absolute Gasteiger partial charge is 0.324 e.